The van der Waals surface area contributed by atoms with E-state index in [1.165, 1.54) is 0 Å². The van der Waals surface area contributed by atoms with Gasteiger partial charge in [-0.1, -0.05) is 30.3 Å². The zero-order valence-electron chi connectivity index (χ0n) is 15.4. The number of para-hydroxylation sites is 1. The fourth-order valence-electron chi connectivity index (χ4n) is 2.67. The SMILES string of the molecule is Cc1cc(Nc2cncc(Nc3cccc(COc4ccccc4)c3)n2)n[nH]1. The average Bonchev–Trinajstić information content (AvgIpc) is 3.12. The number of hydrogen-bond acceptors (Lipinski definition) is 6. The van der Waals surface area contributed by atoms with Gasteiger partial charge in [0, 0.05) is 17.4 Å². The molecule has 28 heavy (non-hydrogen) atoms. The molecule has 2 aromatic heterocycles. The van der Waals surface area contributed by atoms with Crippen molar-refractivity contribution in [2.75, 3.05) is 10.6 Å². The van der Waals surface area contributed by atoms with Gasteiger partial charge in [0.25, 0.3) is 0 Å². The van der Waals surface area contributed by atoms with E-state index in [4.69, 9.17) is 4.74 Å². The van der Waals surface area contributed by atoms with Crippen LogP contribution in [-0.2, 0) is 6.61 Å². The van der Waals surface area contributed by atoms with Gasteiger partial charge in [0.1, 0.15) is 12.4 Å². The van der Waals surface area contributed by atoms with Crippen LogP contribution in [0.25, 0.3) is 0 Å². The largest absolute Gasteiger partial charge is 0.489 e. The molecule has 0 fully saturated rings. The molecule has 0 radical (unpaired) electrons. The van der Waals surface area contributed by atoms with Gasteiger partial charge in [0.2, 0.25) is 0 Å². The van der Waals surface area contributed by atoms with Crippen molar-refractivity contribution in [3.05, 3.63) is 84.3 Å². The Bertz CT molecular complexity index is 1050. The van der Waals surface area contributed by atoms with Crippen LogP contribution in [0.3, 0.4) is 0 Å². The molecular formula is C21H20N6O. The summed E-state index contributed by atoms with van der Waals surface area (Å²) >= 11 is 0. The van der Waals surface area contributed by atoms with Crippen molar-refractivity contribution in [2.45, 2.75) is 13.5 Å². The van der Waals surface area contributed by atoms with Gasteiger partial charge in [0.15, 0.2) is 17.5 Å². The first-order valence-electron chi connectivity index (χ1n) is 8.89. The number of anilines is 4. The lowest BCUT2D eigenvalue weighted by molar-refractivity contribution is 0.306. The summed E-state index contributed by atoms with van der Waals surface area (Å²) in [5.41, 5.74) is 2.94. The smallest absolute Gasteiger partial charge is 0.153 e. The van der Waals surface area contributed by atoms with Crippen LogP contribution in [-0.4, -0.2) is 20.2 Å². The number of nitrogens with zero attached hydrogens (tertiary/aromatic N) is 3. The van der Waals surface area contributed by atoms with Gasteiger partial charge in [-0.3, -0.25) is 10.1 Å². The number of aromatic nitrogens is 4. The Kier molecular flexibility index (Phi) is 5.15. The molecular weight excluding hydrogens is 352 g/mol. The monoisotopic (exact) mass is 372 g/mol. The minimum absolute atomic E-state index is 0.491. The van der Waals surface area contributed by atoms with Crippen molar-refractivity contribution in [1.29, 1.82) is 0 Å². The Morgan fingerprint density at radius 2 is 1.71 bits per heavy atom. The molecule has 7 nitrogen and oxygen atoms in total. The average molecular weight is 372 g/mol. The van der Waals surface area contributed by atoms with Gasteiger partial charge in [-0.2, -0.15) is 5.10 Å². The van der Waals surface area contributed by atoms with Gasteiger partial charge < -0.3 is 15.4 Å². The topological polar surface area (TPSA) is 87.8 Å². The molecule has 0 saturated heterocycles. The number of nitrogens with one attached hydrogen (secondary N) is 3. The fraction of sp³-hybridized carbons (Fsp3) is 0.0952. The van der Waals surface area contributed by atoms with Crippen molar-refractivity contribution in [3.63, 3.8) is 0 Å². The second-order valence-corrected chi connectivity index (χ2v) is 6.28. The first kappa shape index (κ1) is 17.5. The Hall–Kier alpha value is -3.87. The Morgan fingerprint density at radius 1 is 0.893 bits per heavy atom. The minimum atomic E-state index is 0.491. The van der Waals surface area contributed by atoms with Crippen LogP contribution in [0.4, 0.5) is 23.1 Å². The van der Waals surface area contributed by atoms with Crippen LogP contribution in [0.2, 0.25) is 0 Å². The molecule has 2 heterocycles. The molecule has 0 aliphatic carbocycles. The van der Waals surface area contributed by atoms with Gasteiger partial charge in [-0.25, -0.2) is 4.98 Å². The summed E-state index contributed by atoms with van der Waals surface area (Å²) in [5.74, 6) is 2.79. The molecule has 3 N–H and O–H groups in total. The number of benzene rings is 2. The van der Waals surface area contributed by atoms with E-state index < -0.39 is 0 Å². The summed E-state index contributed by atoms with van der Waals surface area (Å²) in [5, 5.41) is 13.4. The van der Waals surface area contributed by atoms with E-state index in [0.29, 0.717) is 24.1 Å². The number of hydrogen-bond donors (Lipinski definition) is 3. The zero-order valence-corrected chi connectivity index (χ0v) is 15.4. The highest BCUT2D eigenvalue weighted by Gasteiger charge is 2.04. The first-order valence-corrected chi connectivity index (χ1v) is 8.89. The van der Waals surface area contributed by atoms with Crippen LogP contribution in [0.15, 0.2) is 73.1 Å². The molecule has 0 spiro atoms. The van der Waals surface area contributed by atoms with E-state index in [1.54, 1.807) is 12.4 Å². The summed E-state index contributed by atoms with van der Waals surface area (Å²) in [6.45, 7) is 2.43. The molecule has 0 bridgehead atoms. The maximum Gasteiger partial charge on any atom is 0.153 e. The molecule has 0 aliphatic rings. The summed E-state index contributed by atoms with van der Waals surface area (Å²) in [7, 11) is 0. The van der Waals surface area contributed by atoms with Crippen LogP contribution < -0.4 is 15.4 Å². The van der Waals surface area contributed by atoms with Crippen LogP contribution in [0, 0.1) is 6.92 Å². The maximum atomic E-state index is 5.81. The van der Waals surface area contributed by atoms with Crippen LogP contribution in [0.1, 0.15) is 11.3 Å². The van der Waals surface area contributed by atoms with E-state index in [2.05, 4.69) is 30.8 Å². The predicted molar refractivity (Wildman–Crippen MR) is 109 cm³/mol. The fourth-order valence-corrected chi connectivity index (χ4v) is 2.67. The van der Waals surface area contributed by atoms with E-state index >= 15 is 0 Å². The standard InChI is InChI=1S/C21H20N6O/c1-15-10-19(27-26-15)24-21-13-22-12-20(25-21)23-17-7-5-6-16(11-17)14-28-18-8-3-2-4-9-18/h2-13H,14H2,1H3,(H3,23,24,25,26,27). The quantitative estimate of drug-likeness (QED) is 0.440. The number of aryl methyl sites for hydroxylation is 1. The molecule has 0 amide bonds. The molecule has 0 aliphatic heterocycles. The number of ether oxygens (including phenoxy) is 1. The van der Waals surface area contributed by atoms with Crippen molar-refractivity contribution in [1.82, 2.24) is 20.2 Å². The second-order valence-electron chi connectivity index (χ2n) is 6.28. The molecule has 4 rings (SSSR count). The molecule has 0 atom stereocenters. The van der Waals surface area contributed by atoms with Crippen molar-refractivity contribution in [3.8, 4) is 5.75 Å². The van der Waals surface area contributed by atoms with Gasteiger partial charge >= 0.3 is 0 Å². The number of H-pyrrole nitrogens is 1. The highest BCUT2D eigenvalue weighted by atomic mass is 16.5. The van der Waals surface area contributed by atoms with Crippen molar-refractivity contribution < 1.29 is 4.74 Å². The minimum Gasteiger partial charge on any atom is -0.489 e. The molecule has 2 aromatic carbocycles. The summed E-state index contributed by atoms with van der Waals surface area (Å²) in [6.07, 6.45) is 3.33. The summed E-state index contributed by atoms with van der Waals surface area (Å²) < 4.78 is 5.81. The zero-order chi connectivity index (χ0) is 19.2. The third-order valence-electron chi connectivity index (χ3n) is 3.94. The number of aromatic amines is 1. The Morgan fingerprint density at radius 3 is 2.50 bits per heavy atom. The van der Waals surface area contributed by atoms with Crippen LogP contribution >= 0.6 is 0 Å². The summed E-state index contributed by atoms with van der Waals surface area (Å²) in [6, 6.07) is 19.7. The van der Waals surface area contributed by atoms with E-state index in [0.717, 1.165) is 22.7 Å². The lowest BCUT2D eigenvalue weighted by atomic mass is 10.2. The highest BCUT2D eigenvalue weighted by Crippen LogP contribution is 2.19. The summed E-state index contributed by atoms with van der Waals surface area (Å²) in [4.78, 5) is 8.76. The predicted octanol–water partition coefficient (Wildman–Crippen LogP) is 4.57. The van der Waals surface area contributed by atoms with Gasteiger partial charge in [-0.05, 0) is 36.8 Å². The van der Waals surface area contributed by atoms with Crippen molar-refractivity contribution in [2.24, 2.45) is 0 Å². The van der Waals surface area contributed by atoms with Gasteiger partial charge in [-0.15, -0.1) is 0 Å². The lowest BCUT2D eigenvalue weighted by Crippen LogP contribution is -2.00. The Labute approximate surface area is 162 Å². The molecule has 7 heteroatoms. The molecule has 140 valence electrons. The molecule has 0 unspecified atom stereocenters. The third-order valence-corrected chi connectivity index (χ3v) is 3.94. The van der Waals surface area contributed by atoms with E-state index in [1.807, 2.05) is 67.6 Å². The van der Waals surface area contributed by atoms with Crippen molar-refractivity contribution >= 4 is 23.1 Å². The first-order chi connectivity index (χ1) is 13.7. The van der Waals surface area contributed by atoms with Gasteiger partial charge in [0.05, 0.1) is 12.4 Å². The lowest BCUT2D eigenvalue weighted by Gasteiger charge is -2.10. The Balaban J connectivity index is 1.42. The normalized spacial score (nSPS) is 10.5. The number of rotatable bonds is 7. The highest BCUT2D eigenvalue weighted by molar-refractivity contribution is 5.59. The maximum absolute atomic E-state index is 5.81. The van der Waals surface area contributed by atoms with Crippen LogP contribution in [0.5, 0.6) is 5.75 Å². The van der Waals surface area contributed by atoms with E-state index in [-0.39, 0.29) is 0 Å². The van der Waals surface area contributed by atoms with E-state index in [9.17, 15) is 0 Å². The third kappa shape index (κ3) is 4.64. The molecule has 4 aromatic rings. The second kappa shape index (κ2) is 8.22. The molecule has 0 saturated carbocycles.